The lowest BCUT2D eigenvalue weighted by Gasteiger charge is -2.07. The summed E-state index contributed by atoms with van der Waals surface area (Å²) in [6.07, 6.45) is 2.00. The van der Waals surface area contributed by atoms with E-state index in [1.54, 1.807) is 18.3 Å². The first kappa shape index (κ1) is 20.5. The lowest BCUT2D eigenvalue weighted by molar-refractivity contribution is -0.148. The fourth-order valence-electron chi connectivity index (χ4n) is 3.01. The van der Waals surface area contributed by atoms with Gasteiger partial charge >= 0.3 is 5.97 Å². The van der Waals surface area contributed by atoms with Crippen molar-refractivity contribution < 1.29 is 28.2 Å². The Balaban J connectivity index is 1.17. The van der Waals surface area contributed by atoms with Crippen LogP contribution in [0.1, 0.15) is 23.4 Å². The van der Waals surface area contributed by atoms with Gasteiger partial charge < -0.3 is 23.9 Å². The summed E-state index contributed by atoms with van der Waals surface area (Å²) in [7, 11) is 0. The topological polar surface area (TPSA) is 99.9 Å². The number of oxazole rings is 1. The van der Waals surface area contributed by atoms with Gasteiger partial charge in [-0.25, -0.2) is 4.98 Å². The van der Waals surface area contributed by atoms with E-state index < -0.39 is 5.97 Å². The molecule has 1 aliphatic rings. The van der Waals surface area contributed by atoms with Crippen LogP contribution >= 0.6 is 0 Å². The van der Waals surface area contributed by atoms with Crippen LogP contribution in [-0.2, 0) is 27.3 Å². The number of rotatable bonds is 8. The maximum Gasteiger partial charge on any atom is 0.306 e. The Bertz CT molecular complexity index is 1070. The van der Waals surface area contributed by atoms with E-state index in [-0.39, 0.29) is 25.7 Å². The third-order valence-corrected chi connectivity index (χ3v) is 4.72. The van der Waals surface area contributed by atoms with E-state index in [1.807, 2.05) is 37.3 Å². The summed E-state index contributed by atoms with van der Waals surface area (Å²) in [6.45, 7) is 2.16. The van der Waals surface area contributed by atoms with Crippen LogP contribution in [0.25, 0.3) is 11.3 Å². The fraction of sp³-hybridized carbons (Fsp3) is 0.261. The number of fused-ring (bicyclic) bond motifs is 1. The number of benzene rings is 2. The number of ether oxygens (including phenoxy) is 3. The Morgan fingerprint density at radius 3 is 2.74 bits per heavy atom. The van der Waals surface area contributed by atoms with Crippen molar-refractivity contribution in [3.63, 3.8) is 0 Å². The van der Waals surface area contributed by atoms with Gasteiger partial charge in [0, 0.05) is 18.5 Å². The number of aromatic nitrogens is 1. The average molecular weight is 422 g/mol. The summed E-state index contributed by atoms with van der Waals surface area (Å²) >= 11 is 0. The number of nitrogens with one attached hydrogen (secondary N) is 1. The maximum atomic E-state index is 11.9. The average Bonchev–Trinajstić information content (AvgIpc) is 3.44. The minimum atomic E-state index is -0.492. The van der Waals surface area contributed by atoms with Crippen LogP contribution in [0.5, 0.6) is 11.5 Å². The Hall–Kier alpha value is -3.81. The first-order valence-electron chi connectivity index (χ1n) is 9.89. The molecule has 0 radical (unpaired) electrons. The molecule has 2 aromatic carbocycles. The Morgan fingerprint density at radius 2 is 1.90 bits per heavy atom. The number of carbonyl (C=O) groups is 2. The maximum absolute atomic E-state index is 11.9. The lowest BCUT2D eigenvalue weighted by Crippen LogP contribution is -2.28. The van der Waals surface area contributed by atoms with Gasteiger partial charge in [0.15, 0.2) is 29.8 Å². The van der Waals surface area contributed by atoms with Crippen molar-refractivity contribution >= 4 is 11.9 Å². The van der Waals surface area contributed by atoms with Gasteiger partial charge in [0.2, 0.25) is 6.79 Å². The first-order chi connectivity index (χ1) is 15.1. The molecule has 1 aliphatic heterocycles. The predicted molar refractivity (Wildman–Crippen MR) is 110 cm³/mol. The molecule has 8 nitrogen and oxygen atoms in total. The number of amides is 1. The van der Waals surface area contributed by atoms with Crippen LogP contribution < -0.4 is 14.8 Å². The zero-order valence-corrected chi connectivity index (χ0v) is 17.1. The molecule has 2 heterocycles. The van der Waals surface area contributed by atoms with Gasteiger partial charge in [-0.15, -0.1) is 0 Å². The standard InChI is InChI=1S/C23H22N2O6/c1-15-2-5-17(6-3-15)20-12-25-22(31-20)8-9-23(27)28-13-21(26)24-11-16-4-7-18-19(10-16)30-14-29-18/h2-7,10,12H,8-9,11,13-14H2,1H3,(H,24,26). The van der Waals surface area contributed by atoms with Gasteiger partial charge in [0.05, 0.1) is 12.6 Å². The molecule has 0 unspecified atom stereocenters. The van der Waals surface area contributed by atoms with Crippen molar-refractivity contribution in [2.45, 2.75) is 26.3 Å². The van der Waals surface area contributed by atoms with E-state index in [0.29, 0.717) is 36.1 Å². The summed E-state index contributed by atoms with van der Waals surface area (Å²) in [5, 5.41) is 2.70. The van der Waals surface area contributed by atoms with Crippen LogP contribution in [-0.4, -0.2) is 30.3 Å². The smallest absolute Gasteiger partial charge is 0.306 e. The molecule has 0 fully saturated rings. The van der Waals surface area contributed by atoms with Crippen molar-refractivity contribution in [2.24, 2.45) is 0 Å². The number of nitrogens with zero attached hydrogens (tertiary/aromatic N) is 1. The Labute approximate surface area is 179 Å². The number of carbonyl (C=O) groups excluding carboxylic acids is 2. The number of hydrogen-bond acceptors (Lipinski definition) is 7. The molecule has 8 heteroatoms. The first-order valence-corrected chi connectivity index (χ1v) is 9.89. The van der Waals surface area contributed by atoms with Gasteiger partial charge in [0.25, 0.3) is 5.91 Å². The van der Waals surface area contributed by atoms with Crippen LogP contribution in [0.2, 0.25) is 0 Å². The number of aryl methyl sites for hydroxylation is 2. The largest absolute Gasteiger partial charge is 0.456 e. The summed E-state index contributed by atoms with van der Waals surface area (Å²) < 4.78 is 21.3. The van der Waals surface area contributed by atoms with Crippen molar-refractivity contribution in [1.29, 1.82) is 0 Å². The summed E-state index contributed by atoms with van der Waals surface area (Å²) in [5.74, 6) is 1.54. The van der Waals surface area contributed by atoms with Crippen molar-refractivity contribution in [2.75, 3.05) is 13.4 Å². The molecular formula is C23H22N2O6. The second-order valence-electron chi connectivity index (χ2n) is 7.11. The van der Waals surface area contributed by atoms with E-state index in [0.717, 1.165) is 16.7 Å². The van der Waals surface area contributed by atoms with Gasteiger partial charge in [-0.1, -0.05) is 35.9 Å². The second kappa shape index (κ2) is 9.34. The molecule has 31 heavy (non-hydrogen) atoms. The molecule has 0 saturated heterocycles. The monoisotopic (exact) mass is 422 g/mol. The highest BCUT2D eigenvalue weighted by Gasteiger charge is 2.14. The lowest BCUT2D eigenvalue weighted by atomic mass is 10.1. The fourth-order valence-corrected chi connectivity index (χ4v) is 3.01. The third-order valence-electron chi connectivity index (χ3n) is 4.72. The highest BCUT2D eigenvalue weighted by Crippen LogP contribution is 2.32. The van der Waals surface area contributed by atoms with Crippen molar-refractivity contribution in [3.8, 4) is 22.8 Å². The van der Waals surface area contributed by atoms with E-state index >= 15 is 0 Å². The molecule has 0 atom stereocenters. The van der Waals surface area contributed by atoms with Crippen LogP contribution in [0.3, 0.4) is 0 Å². The molecule has 160 valence electrons. The van der Waals surface area contributed by atoms with Crippen molar-refractivity contribution in [3.05, 3.63) is 65.7 Å². The number of hydrogen-bond donors (Lipinski definition) is 1. The third kappa shape index (κ3) is 5.42. The minimum Gasteiger partial charge on any atom is -0.456 e. The van der Waals surface area contributed by atoms with E-state index in [4.69, 9.17) is 18.6 Å². The van der Waals surface area contributed by atoms with Gasteiger partial charge in [-0.3, -0.25) is 9.59 Å². The highest BCUT2D eigenvalue weighted by molar-refractivity contribution is 5.80. The predicted octanol–water partition coefficient (Wildman–Crippen LogP) is 3.17. The van der Waals surface area contributed by atoms with E-state index in [9.17, 15) is 9.59 Å². The zero-order valence-electron chi connectivity index (χ0n) is 17.1. The minimum absolute atomic E-state index is 0.0727. The Kier molecular flexibility index (Phi) is 6.16. The van der Waals surface area contributed by atoms with Crippen LogP contribution in [0, 0.1) is 6.92 Å². The zero-order chi connectivity index (χ0) is 21.6. The number of esters is 1. The molecular weight excluding hydrogens is 400 g/mol. The molecule has 0 spiro atoms. The molecule has 0 aliphatic carbocycles. The molecule has 1 amide bonds. The molecule has 1 aromatic heterocycles. The van der Waals surface area contributed by atoms with Crippen LogP contribution in [0.4, 0.5) is 0 Å². The second-order valence-corrected chi connectivity index (χ2v) is 7.11. The Morgan fingerprint density at radius 1 is 1.10 bits per heavy atom. The van der Waals surface area contributed by atoms with Crippen LogP contribution in [0.15, 0.2) is 53.1 Å². The quantitative estimate of drug-likeness (QED) is 0.557. The summed E-state index contributed by atoms with van der Waals surface area (Å²) in [5.41, 5.74) is 2.94. The molecule has 0 bridgehead atoms. The molecule has 0 saturated carbocycles. The normalized spacial score (nSPS) is 11.9. The van der Waals surface area contributed by atoms with Gasteiger partial charge in [-0.05, 0) is 24.6 Å². The molecule has 1 N–H and O–H groups in total. The SMILES string of the molecule is Cc1ccc(-c2cnc(CCC(=O)OCC(=O)NCc3ccc4c(c3)OCO4)o2)cc1. The van der Waals surface area contributed by atoms with Gasteiger partial charge in [0.1, 0.15) is 0 Å². The highest BCUT2D eigenvalue weighted by atomic mass is 16.7. The van der Waals surface area contributed by atoms with E-state index in [2.05, 4.69) is 10.3 Å². The summed E-state index contributed by atoms with van der Waals surface area (Å²) in [6, 6.07) is 13.3. The molecule has 4 rings (SSSR count). The van der Waals surface area contributed by atoms with Gasteiger partial charge in [-0.2, -0.15) is 0 Å². The summed E-state index contributed by atoms with van der Waals surface area (Å²) in [4.78, 5) is 28.1. The van der Waals surface area contributed by atoms with E-state index in [1.165, 1.54) is 0 Å². The molecule has 3 aromatic rings. The van der Waals surface area contributed by atoms with Crippen molar-refractivity contribution in [1.82, 2.24) is 10.3 Å².